The summed E-state index contributed by atoms with van der Waals surface area (Å²) in [4.78, 5) is 0. The van der Waals surface area contributed by atoms with E-state index in [-0.39, 0.29) is 23.0 Å². The lowest BCUT2D eigenvalue weighted by Crippen LogP contribution is -2.41. The topological polar surface area (TPSA) is 185 Å². The largest absolute Gasteiger partial charge is 0.508 e. The van der Waals surface area contributed by atoms with Gasteiger partial charge >= 0.3 is 0 Å². The molecule has 0 atom stereocenters. The van der Waals surface area contributed by atoms with E-state index in [1.165, 1.54) is 24.3 Å². The molecule has 0 unspecified atom stereocenters. The van der Waals surface area contributed by atoms with E-state index < -0.39 is 10.8 Å². The van der Waals surface area contributed by atoms with E-state index in [1.54, 1.807) is 48.5 Å². The predicted octanol–water partition coefficient (Wildman–Crippen LogP) is 4.68. The Morgan fingerprint density at radius 3 is 0.789 bits per heavy atom. The standard InChI is InChI=1S/C30H32N4O4/c31-17-1-5-21(25(35)13-17)29(22-6-2-18(32)14-26(22)36)9-11-30(12-10-29,23-7-3-19(33)15-27(23)37)24-8-4-20(34)16-28(24)38/h1-8,13-16,35-38H,9-12,31-34H2. The Kier molecular flexibility index (Phi) is 5.90. The van der Waals surface area contributed by atoms with Gasteiger partial charge in [0.1, 0.15) is 23.0 Å². The van der Waals surface area contributed by atoms with Crippen molar-refractivity contribution in [1.29, 1.82) is 0 Å². The average Bonchev–Trinajstić information content (AvgIpc) is 2.84. The third-order valence-corrected chi connectivity index (χ3v) is 8.11. The minimum atomic E-state index is -0.800. The first-order chi connectivity index (χ1) is 18.1. The van der Waals surface area contributed by atoms with Gasteiger partial charge in [-0.05, 0) is 49.9 Å². The quantitative estimate of drug-likeness (QED) is 0.181. The first-order valence-corrected chi connectivity index (χ1v) is 12.4. The van der Waals surface area contributed by atoms with Crippen molar-refractivity contribution >= 4 is 22.7 Å². The molecule has 0 aliphatic heterocycles. The second kappa shape index (κ2) is 8.99. The van der Waals surface area contributed by atoms with E-state index in [0.29, 0.717) is 70.7 Å². The van der Waals surface area contributed by atoms with E-state index in [1.807, 2.05) is 0 Å². The number of nitrogen functional groups attached to an aromatic ring is 4. The highest BCUT2D eigenvalue weighted by molar-refractivity contribution is 5.62. The Labute approximate surface area is 220 Å². The lowest BCUT2D eigenvalue weighted by molar-refractivity contribution is 0.239. The van der Waals surface area contributed by atoms with Gasteiger partial charge in [0, 0.05) is 80.1 Å². The van der Waals surface area contributed by atoms with Crippen LogP contribution in [0.2, 0.25) is 0 Å². The fourth-order valence-electron chi connectivity index (χ4n) is 6.28. The molecule has 1 fully saturated rings. The van der Waals surface area contributed by atoms with Gasteiger partial charge in [0.25, 0.3) is 0 Å². The Morgan fingerprint density at radius 1 is 0.395 bits per heavy atom. The number of rotatable bonds is 4. The molecule has 1 saturated carbocycles. The number of hydrogen-bond donors (Lipinski definition) is 8. The third kappa shape index (κ3) is 3.94. The Bertz CT molecular complexity index is 1310. The molecule has 0 bridgehead atoms. The molecule has 38 heavy (non-hydrogen) atoms. The maximum atomic E-state index is 11.0. The molecule has 8 nitrogen and oxygen atoms in total. The third-order valence-electron chi connectivity index (χ3n) is 8.11. The van der Waals surface area contributed by atoms with Crippen LogP contribution in [0, 0.1) is 0 Å². The summed E-state index contributed by atoms with van der Waals surface area (Å²) in [6.07, 6.45) is 1.82. The van der Waals surface area contributed by atoms with Crippen molar-refractivity contribution in [2.75, 3.05) is 22.9 Å². The average molecular weight is 513 g/mol. The number of benzene rings is 4. The number of aromatic hydroxyl groups is 4. The minimum absolute atomic E-state index is 0.0272. The van der Waals surface area contributed by atoms with Crippen LogP contribution in [-0.2, 0) is 10.8 Å². The van der Waals surface area contributed by atoms with Crippen molar-refractivity contribution in [2.24, 2.45) is 0 Å². The summed E-state index contributed by atoms with van der Waals surface area (Å²) in [5.41, 5.74) is 26.4. The van der Waals surface area contributed by atoms with Crippen molar-refractivity contribution in [3.05, 3.63) is 95.1 Å². The van der Waals surface area contributed by atoms with Crippen molar-refractivity contribution in [1.82, 2.24) is 0 Å². The van der Waals surface area contributed by atoms with E-state index in [0.717, 1.165) is 0 Å². The monoisotopic (exact) mass is 512 g/mol. The van der Waals surface area contributed by atoms with Crippen LogP contribution < -0.4 is 22.9 Å². The van der Waals surface area contributed by atoms with Crippen LogP contribution in [-0.4, -0.2) is 20.4 Å². The molecule has 0 spiro atoms. The van der Waals surface area contributed by atoms with Crippen LogP contribution >= 0.6 is 0 Å². The normalized spacial score (nSPS) is 16.2. The highest BCUT2D eigenvalue weighted by Crippen LogP contribution is 2.59. The summed E-state index contributed by atoms with van der Waals surface area (Å²) >= 11 is 0. The van der Waals surface area contributed by atoms with E-state index in [2.05, 4.69) is 0 Å². The molecular formula is C30H32N4O4. The molecular weight excluding hydrogens is 480 g/mol. The van der Waals surface area contributed by atoms with Crippen LogP contribution in [0.5, 0.6) is 23.0 Å². The van der Waals surface area contributed by atoms with Gasteiger partial charge in [-0.3, -0.25) is 0 Å². The minimum Gasteiger partial charge on any atom is -0.508 e. The SMILES string of the molecule is Nc1ccc(C2(c3ccc(N)cc3O)CCC(c3ccc(N)cc3O)(c3ccc(N)cc3O)CC2)c(O)c1. The van der Waals surface area contributed by atoms with Crippen molar-refractivity contribution in [3.63, 3.8) is 0 Å². The molecule has 1 aliphatic rings. The number of anilines is 4. The van der Waals surface area contributed by atoms with Crippen molar-refractivity contribution < 1.29 is 20.4 Å². The molecule has 4 aromatic carbocycles. The van der Waals surface area contributed by atoms with E-state index in [4.69, 9.17) is 22.9 Å². The Balaban J connectivity index is 1.71. The lowest BCUT2D eigenvalue weighted by Gasteiger charge is -2.48. The summed E-state index contributed by atoms with van der Waals surface area (Å²) < 4.78 is 0. The number of phenols is 4. The van der Waals surface area contributed by atoms with Crippen molar-refractivity contribution in [2.45, 2.75) is 36.5 Å². The molecule has 8 heteroatoms. The lowest BCUT2D eigenvalue weighted by atomic mass is 9.55. The number of nitrogens with two attached hydrogens (primary N) is 4. The molecule has 0 radical (unpaired) electrons. The molecule has 0 amide bonds. The molecule has 1 aliphatic carbocycles. The van der Waals surface area contributed by atoms with Crippen LogP contribution in [0.4, 0.5) is 22.7 Å². The van der Waals surface area contributed by atoms with E-state index >= 15 is 0 Å². The summed E-state index contributed by atoms with van der Waals surface area (Å²) in [6, 6.07) is 20.1. The number of phenolic OH excluding ortho intramolecular Hbond substituents is 4. The van der Waals surface area contributed by atoms with Crippen LogP contribution in [0.25, 0.3) is 0 Å². The molecule has 5 rings (SSSR count). The molecule has 196 valence electrons. The zero-order chi connectivity index (χ0) is 27.2. The zero-order valence-corrected chi connectivity index (χ0v) is 20.9. The summed E-state index contributed by atoms with van der Waals surface area (Å²) in [5.74, 6) is 0.109. The summed E-state index contributed by atoms with van der Waals surface area (Å²) in [5, 5.41) is 44.1. The maximum Gasteiger partial charge on any atom is 0.121 e. The first kappa shape index (κ1) is 25.0. The second-order valence-corrected chi connectivity index (χ2v) is 10.3. The smallest absolute Gasteiger partial charge is 0.121 e. The zero-order valence-electron chi connectivity index (χ0n) is 20.9. The Morgan fingerprint density at radius 2 is 0.605 bits per heavy atom. The first-order valence-electron chi connectivity index (χ1n) is 12.4. The highest BCUT2D eigenvalue weighted by Gasteiger charge is 2.50. The van der Waals surface area contributed by atoms with Crippen LogP contribution in [0.15, 0.2) is 72.8 Å². The van der Waals surface area contributed by atoms with Gasteiger partial charge in [-0.2, -0.15) is 0 Å². The van der Waals surface area contributed by atoms with E-state index in [9.17, 15) is 20.4 Å². The summed E-state index contributed by atoms with van der Waals surface area (Å²) in [7, 11) is 0. The summed E-state index contributed by atoms with van der Waals surface area (Å²) in [6.45, 7) is 0. The fourth-order valence-corrected chi connectivity index (χ4v) is 6.28. The molecule has 0 heterocycles. The molecule has 0 aromatic heterocycles. The molecule has 12 N–H and O–H groups in total. The van der Waals surface area contributed by atoms with Gasteiger partial charge in [0.2, 0.25) is 0 Å². The van der Waals surface area contributed by atoms with Gasteiger partial charge in [-0.1, -0.05) is 24.3 Å². The van der Waals surface area contributed by atoms with Crippen molar-refractivity contribution in [3.8, 4) is 23.0 Å². The predicted molar refractivity (Wildman–Crippen MR) is 150 cm³/mol. The second-order valence-electron chi connectivity index (χ2n) is 10.3. The van der Waals surface area contributed by atoms with Gasteiger partial charge in [-0.25, -0.2) is 0 Å². The highest BCUT2D eigenvalue weighted by atomic mass is 16.3. The maximum absolute atomic E-state index is 11.0. The van der Waals surface area contributed by atoms with Gasteiger partial charge in [-0.15, -0.1) is 0 Å². The fraction of sp³-hybridized carbons (Fsp3) is 0.200. The van der Waals surface area contributed by atoms with Gasteiger partial charge in [0.05, 0.1) is 0 Å². The number of hydrogen-bond acceptors (Lipinski definition) is 8. The van der Waals surface area contributed by atoms with Crippen LogP contribution in [0.3, 0.4) is 0 Å². The van der Waals surface area contributed by atoms with Gasteiger partial charge in [0.15, 0.2) is 0 Å². The Hall–Kier alpha value is -4.72. The van der Waals surface area contributed by atoms with Crippen LogP contribution in [0.1, 0.15) is 47.9 Å². The van der Waals surface area contributed by atoms with Gasteiger partial charge < -0.3 is 43.4 Å². The molecule has 0 saturated heterocycles. The molecule has 4 aromatic rings.